The van der Waals surface area contributed by atoms with Crippen molar-refractivity contribution < 1.29 is 37.3 Å². The number of benzene rings is 3. The number of nitrogens with one attached hydrogen (secondary N) is 2. The summed E-state index contributed by atoms with van der Waals surface area (Å²) in [7, 11) is 0. The molecular formula is C71H91F3N2O5. The largest absolute Gasteiger partial charge is 0.504 e. The van der Waals surface area contributed by atoms with Gasteiger partial charge >= 0.3 is 6.18 Å². The van der Waals surface area contributed by atoms with Gasteiger partial charge in [0.05, 0.1) is 16.7 Å². The lowest BCUT2D eigenvalue weighted by molar-refractivity contribution is -0.137. The Morgan fingerprint density at radius 1 is 0.802 bits per heavy atom. The number of hydrogen-bond acceptors (Lipinski definition) is 7. The molecule has 10 heteroatoms. The predicted octanol–water partition coefficient (Wildman–Crippen LogP) is 20.2. The average molecular weight is 1110 g/mol. The van der Waals surface area contributed by atoms with Crippen molar-refractivity contribution in [1.82, 2.24) is 0 Å². The van der Waals surface area contributed by atoms with E-state index in [0.717, 1.165) is 69.8 Å². The maximum atomic E-state index is 15.6. The lowest BCUT2D eigenvalue weighted by Crippen LogP contribution is -2.29. The highest BCUT2D eigenvalue weighted by Crippen LogP contribution is 2.42. The number of ketones is 2. The Kier molecular flexibility index (Phi) is 24.8. The van der Waals surface area contributed by atoms with Crippen molar-refractivity contribution in [3.63, 3.8) is 0 Å². The Bertz CT molecular complexity index is 2850. The van der Waals surface area contributed by atoms with Gasteiger partial charge in [0.25, 0.3) is 0 Å². The summed E-state index contributed by atoms with van der Waals surface area (Å²) in [5.41, 5.74) is 2.77. The molecule has 81 heavy (non-hydrogen) atoms. The first-order chi connectivity index (χ1) is 39.0. The number of allylic oxidation sites excluding steroid dienone is 10. The van der Waals surface area contributed by atoms with Crippen molar-refractivity contribution in [2.45, 2.75) is 189 Å². The molecule has 0 spiro atoms. The minimum atomic E-state index is -4.69. The smallest absolute Gasteiger partial charge is 0.418 e. The summed E-state index contributed by atoms with van der Waals surface area (Å²) in [4.78, 5) is 30.8. The molecule has 0 aliphatic heterocycles. The monoisotopic (exact) mass is 1110 g/mol. The lowest BCUT2D eigenvalue weighted by atomic mass is 9.77. The number of aryl methyl sites for hydroxylation is 1. The van der Waals surface area contributed by atoms with E-state index in [4.69, 9.17) is 9.47 Å². The van der Waals surface area contributed by atoms with Crippen LogP contribution in [0.4, 0.5) is 24.5 Å². The topological polar surface area (TPSA) is 96.9 Å². The molecule has 3 aromatic carbocycles. The number of aliphatic hydroxyl groups is 1. The molecule has 3 aromatic rings. The zero-order valence-corrected chi connectivity index (χ0v) is 49.6. The number of carbonyl (C=O) groups excluding carboxylic acids is 2. The molecule has 2 atom stereocenters. The number of anilines is 2. The molecule has 436 valence electrons. The van der Waals surface area contributed by atoms with Crippen LogP contribution >= 0.6 is 0 Å². The fraction of sp³-hybridized carbons (Fsp3) is 0.465. The highest BCUT2D eigenvalue weighted by atomic mass is 19.4. The Labute approximate surface area is 483 Å². The van der Waals surface area contributed by atoms with Gasteiger partial charge in [-0.3, -0.25) is 9.59 Å². The van der Waals surface area contributed by atoms with Crippen LogP contribution < -0.4 is 15.4 Å². The highest BCUT2D eigenvalue weighted by molar-refractivity contribution is 6.32. The second-order valence-electron chi connectivity index (χ2n) is 22.8. The Balaban J connectivity index is 1.42. The van der Waals surface area contributed by atoms with Gasteiger partial charge < -0.3 is 25.2 Å². The van der Waals surface area contributed by atoms with E-state index >= 15 is 9.59 Å². The van der Waals surface area contributed by atoms with E-state index in [9.17, 15) is 18.3 Å². The van der Waals surface area contributed by atoms with E-state index in [2.05, 4.69) is 83.5 Å². The molecule has 0 aromatic heterocycles. The number of para-hydroxylation sites is 1. The highest BCUT2D eigenvalue weighted by Gasteiger charge is 2.41. The van der Waals surface area contributed by atoms with Gasteiger partial charge in [0.1, 0.15) is 23.0 Å². The fourth-order valence-electron chi connectivity index (χ4n) is 11.6. The number of ether oxygens (including phenoxy) is 2. The van der Waals surface area contributed by atoms with E-state index in [1.54, 1.807) is 25.2 Å². The summed E-state index contributed by atoms with van der Waals surface area (Å²) in [5.74, 6) is 1.67. The van der Waals surface area contributed by atoms with Crippen LogP contribution in [-0.2, 0) is 26.9 Å². The van der Waals surface area contributed by atoms with Gasteiger partial charge in [-0.1, -0.05) is 166 Å². The summed E-state index contributed by atoms with van der Waals surface area (Å²) in [5, 5.41) is 18.9. The number of halogens is 3. The lowest BCUT2D eigenvalue weighted by Gasteiger charge is -2.29. The van der Waals surface area contributed by atoms with Gasteiger partial charge in [-0.25, -0.2) is 0 Å². The number of Topliss-reactive ketones (excluding diaryl/α,β-unsaturated/α-hetero) is 2. The summed E-state index contributed by atoms with van der Waals surface area (Å²) < 4.78 is 56.4. The van der Waals surface area contributed by atoms with Crippen molar-refractivity contribution in [3.05, 3.63) is 195 Å². The van der Waals surface area contributed by atoms with Gasteiger partial charge in [-0.15, -0.1) is 6.58 Å². The molecule has 0 radical (unpaired) electrons. The molecule has 0 amide bonds. The van der Waals surface area contributed by atoms with Crippen LogP contribution in [0.1, 0.15) is 193 Å². The second-order valence-corrected chi connectivity index (χ2v) is 22.8. The van der Waals surface area contributed by atoms with E-state index in [-0.39, 0.29) is 58.0 Å². The first kappa shape index (κ1) is 63.6. The zero-order chi connectivity index (χ0) is 58.5. The molecule has 6 rings (SSSR count). The number of aliphatic hydroxyl groups excluding tert-OH is 1. The summed E-state index contributed by atoms with van der Waals surface area (Å²) in [6, 6.07) is 21.0. The van der Waals surface area contributed by atoms with Gasteiger partial charge in [0.2, 0.25) is 0 Å². The van der Waals surface area contributed by atoms with Crippen molar-refractivity contribution in [1.29, 1.82) is 0 Å². The van der Waals surface area contributed by atoms with Gasteiger partial charge in [0, 0.05) is 47.6 Å². The maximum Gasteiger partial charge on any atom is 0.418 e. The Morgan fingerprint density at radius 3 is 2.17 bits per heavy atom. The van der Waals surface area contributed by atoms with Crippen molar-refractivity contribution in [2.75, 3.05) is 17.2 Å². The van der Waals surface area contributed by atoms with Crippen LogP contribution in [0.3, 0.4) is 0 Å². The molecular weight excluding hydrogens is 1020 g/mol. The molecule has 0 saturated heterocycles. The minimum absolute atomic E-state index is 0.0122. The third kappa shape index (κ3) is 18.2. The molecule has 7 nitrogen and oxygen atoms in total. The Hall–Kier alpha value is -6.55. The fourth-order valence-corrected chi connectivity index (χ4v) is 11.6. The van der Waals surface area contributed by atoms with E-state index in [0.29, 0.717) is 47.1 Å². The van der Waals surface area contributed by atoms with Crippen LogP contribution in [0, 0.1) is 17.8 Å². The SMILES string of the molecule is C=CC/C(=C\C=C(/C)C(CC)CCC(C)CCCC)OC1=C(O)C2=C(C(=O)C(=C)/C(=C(\C=C(/C)Oc3ccc(C4CCC(CCCC)CC4)cc3)CNc3ccccc3C(F)(F)F)C2=O)C(Nc2ccc(CCCCCC)cc2)=CC1. The molecule has 3 aliphatic rings. The van der Waals surface area contributed by atoms with Crippen molar-refractivity contribution in [2.24, 2.45) is 17.8 Å². The average Bonchev–Trinajstić information content (AvgIpc) is 3.60. The van der Waals surface area contributed by atoms with Crippen molar-refractivity contribution in [3.8, 4) is 5.75 Å². The number of alkyl halides is 3. The first-order valence-corrected chi connectivity index (χ1v) is 30.3. The predicted molar refractivity (Wildman–Crippen MR) is 328 cm³/mol. The molecule has 1 fully saturated rings. The summed E-state index contributed by atoms with van der Waals surface area (Å²) in [6.45, 7) is 22.8. The Morgan fingerprint density at radius 2 is 1.51 bits per heavy atom. The zero-order valence-electron chi connectivity index (χ0n) is 49.6. The van der Waals surface area contributed by atoms with E-state index in [1.807, 2.05) is 42.5 Å². The minimum Gasteiger partial charge on any atom is -0.504 e. The van der Waals surface area contributed by atoms with E-state index < -0.39 is 29.1 Å². The first-order valence-electron chi connectivity index (χ1n) is 30.3. The van der Waals surface area contributed by atoms with Gasteiger partial charge in [0.15, 0.2) is 17.3 Å². The summed E-state index contributed by atoms with van der Waals surface area (Å²) in [6.07, 6.45) is 25.3. The number of rotatable bonds is 30. The molecule has 1 saturated carbocycles. The standard InChI is InChI=1S/C71H91F3N2O5/c1-10-15-18-19-25-53-32-39-58(40-33-53)76-63-44-45-64(81-59(22-13-4)41-29-49(7)54(14-5)34-28-48(6)23-16-11-2)69(78)67-66(63)68(77)51(9)65(70(67)79)57(47-75-62-27-21-20-26-61(62)71(72,73)74)46-50(8)80-60-42-37-56(38-43-60)55-35-30-52(31-36-55)24-17-12-3/h13,20-21,26-27,29,32-33,37-44,46,48,52,54-55,75-76,78H,4,9-12,14-19,22-25,28,30-31,34-36,45,47H2,1-3,5-8H3/b49-29+,50-46+,59-41+,65-57-. The van der Waals surface area contributed by atoms with E-state index in [1.165, 1.54) is 92.7 Å². The van der Waals surface area contributed by atoms with Crippen LogP contribution in [0.15, 0.2) is 179 Å². The number of carbonyl (C=O) groups is 2. The molecule has 2 unspecified atom stereocenters. The number of hydrogen-bond donors (Lipinski definition) is 3. The molecule has 3 N–H and O–H groups in total. The van der Waals surface area contributed by atoms with Crippen LogP contribution in [0.25, 0.3) is 0 Å². The maximum absolute atomic E-state index is 15.6. The summed E-state index contributed by atoms with van der Waals surface area (Å²) >= 11 is 0. The van der Waals surface area contributed by atoms with Crippen LogP contribution in [-0.4, -0.2) is 23.2 Å². The third-order valence-corrected chi connectivity index (χ3v) is 16.5. The third-order valence-electron chi connectivity index (χ3n) is 16.5. The number of unbranched alkanes of at least 4 members (excludes halogenated alkanes) is 5. The second kappa shape index (κ2) is 31.6. The normalized spacial score (nSPS) is 19.0. The quantitative estimate of drug-likeness (QED) is 0.0201. The molecule has 3 aliphatic carbocycles. The van der Waals surface area contributed by atoms with Crippen LogP contribution in [0.2, 0.25) is 0 Å². The molecule has 0 heterocycles. The van der Waals surface area contributed by atoms with Gasteiger partial charge in [-0.2, -0.15) is 13.2 Å². The van der Waals surface area contributed by atoms with Crippen LogP contribution in [0.5, 0.6) is 5.75 Å². The van der Waals surface area contributed by atoms with Gasteiger partial charge in [-0.05, 0) is 154 Å². The molecule has 0 bridgehead atoms. The van der Waals surface area contributed by atoms with Crippen molar-refractivity contribution >= 4 is 22.9 Å².